The highest BCUT2D eigenvalue weighted by molar-refractivity contribution is 6.18. The topological polar surface area (TPSA) is 342 Å². The van der Waals surface area contributed by atoms with Gasteiger partial charge in [0.25, 0.3) is 5.91 Å². The van der Waals surface area contributed by atoms with E-state index in [1.54, 1.807) is 35.2 Å². The lowest BCUT2D eigenvalue weighted by Crippen LogP contribution is -2.55. The van der Waals surface area contributed by atoms with Crippen molar-refractivity contribution in [1.29, 1.82) is 0 Å². The molecule has 23 nitrogen and oxygen atoms in total. The minimum atomic E-state index is -5.08. The van der Waals surface area contributed by atoms with Crippen LogP contribution < -0.4 is 31.9 Å². The van der Waals surface area contributed by atoms with Gasteiger partial charge in [0, 0.05) is 52.6 Å². The van der Waals surface area contributed by atoms with Crippen molar-refractivity contribution >= 4 is 70.5 Å². The lowest BCUT2D eigenvalue weighted by Gasteiger charge is -2.35. The highest BCUT2D eigenvalue weighted by Crippen LogP contribution is 2.38. The largest absolute Gasteiger partial charge is 0.508 e. The third kappa shape index (κ3) is 29.3. The number of nitrogens with one attached hydrogen (secondary N) is 4. The molecule has 3 aliphatic rings. The minimum absolute atomic E-state index is 0.0370. The van der Waals surface area contributed by atoms with Crippen LogP contribution in [0.4, 0.5) is 69.7 Å². The zero-order valence-corrected chi connectivity index (χ0v) is 48.1. The van der Waals surface area contributed by atoms with E-state index >= 15 is 0 Å². The van der Waals surface area contributed by atoms with Crippen LogP contribution >= 0.6 is 0 Å². The molecule has 0 bridgehead atoms. The molecule has 90 heavy (non-hydrogen) atoms. The predicted octanol–water partition coefficient (Wildman–Crippen LogP) is 6.13. The number of benzene rings is 3. The van der Waals surface area contributed by atoms with Crippen molar-refractivity contribution in [3.05, 3.63) is 83.9 Å². The molecule has 3 heterocycles. The zero-order chi connectivity index (χ0) is 68.2. The first kappa shape index (κ1) is 77.8. The standard InChI is InChI=1S/C47H65N9O6.4C2HF3O2/c1-34(57)50-40(13-6-8-22-48)47(62)52-41(32-36-16-18-37(58)19-17-36)46(61)49-23-27-54-30-28-53(29-31-54)24-9-7-10-35-20-25-55(26-21-35)33-44(59)56-42-14-4-2-11-38(42)45(60)51-39-12-3-5-15-43(39)56;4*3-2(4,5)1(6)7/h2-5,11-12,14-19,35,40-41,58H,6-10,13,20-33,48H2,1H3,(H,49,61)(H,50,57)(H,51,60)(H,52,62);4*(H,6,7)/t40-,41-;;;;/m0..../s1. The van der Waals surface area contributed by atoms with Gasteiger partial charge in [-0.05, 0) is 113 Å². The fraction of sp³-hybridized carbons (Fsp3) is 0.509. The molecule has 2 saturated heterocycles. The number of alkyl halides is 12. The fourth-order valence-corrected chi connectivity index (χ4v) is 8.74. The van der Waals surface area contributed by atoms with Crippen LogP contribution in [0.1, 0.15) is 74.2 Å². The number of phenolic OH excluding ortho intramolecular Hbond substituents is 1. The molecule has 35 heteroatoms. The molecular formula is C55H69F12N9O14. The van der Waals surface area contributed by atoms with E-state index in [-0.39, 0.29) is 35.8 Å². The highest BCUT2D eigenvalue weighted by Gasteiger charge is 2.40. The number of aromatic hydroxyl groups is 1. The second-order valence-electron chi connectivity index (χ2n) is 20.1. The van der Waals surface area contributed by atoms with Crippen LogP contribution in [-0.4, -0.2) is 202 Å². The molecular weight excluding hydrogens is 1240 g/mol. The Hall–Kier alpha value is -8.31. The summed E-state index contributed by atoms with van der Waals surface area (Å²) >= 11 is 0. The zero-order valence-electron chi connectivity index (χ0n) is 48.1. The number of carbonyl (C=O) groups excluding carboxylic acids is 5. The molecule has 2 fully saturated rings. The van der Waals surface area contributed by atoms with E-state index in [1.807, 2.05) is 42.5 Å². The number of carboxylic acid groups (broad SMARTS) is 4. The molecule has 2 atom stereocenters. The third-order valence-electron chi connectivity index (χ3n) is 13.2. The van der Waals surface area contributed by atoms with Crippen LogP contribution in [0.25, 0.3) is 0 Å². The first-order valence-corrected chi connectivity index (χ1v) is 27.4. The van der Waals surface area contributed by atoms with Gasteiger partial charge in [-0.25, -0.2) is 19.2 Å². The number of piperazine rings is 1. The van der Waals surface area contributed by atoms with Crippen molar-refractivity contribution in [3.63, 3.8) is 0 Å². The minimum Gasteiger partial charge on any atom is -0.508 e. The van der Waals surface area contributed by atoms with E-state index in [9.17, 15) is 81.8 Å². The van der Waals surface area contributed by atoms with Crippen molar-refractivity contribution in [2.24, 2.45) is 11.7 Å². The number of likely N-dealkylation sites (tertiary alicyclic amines) is 1. The summed E-state index contributed by atoms with van der Waals surface area (Å²) in [5.41, 5.74) is 8.84. The lowest BCUT2D eigenvalue weighted by molar-refractivity contribution is -0.193. The van der Waals surface area contributed by atoms with Gasteiger partial charge in [-0.1, -0.05) is 49.2 Å². The summed E-state index contributed by atoms with van der Waals surface area (Å²) in [4.78, 5) is 110. The molecule has 0 aromatic heterocycles. The van der Waals surface area contributed by atoms with Gasteiger partial charge in [-0.2, -0.15) is 52.7 Å². The van der Waals surface area contributed by atoms with Crippen LogP contribution in [0.5, 0.6) is 5.75 Å². The first-order chi connectivity index (χ1) is 41.8. The number of anilines is 3. The summed E-state index contributed by atoms with van der Waals surface area (Å²) in [7, 11) is 0. The summed E-state index contributed by atoms with van der Waals surface area (Å²) < 4.78 is 127. The Balaban J connectivity index is 0.000000814. The monoisotopic (exact) mass is 1310 g/mol. The maximum Gasteiger partial charge on any atom is 0.490 e. The Bertz CT molecular complexity index is 2730. The second kappa shape index (κ2) is 37.0. The van der Waals surface area contributed by atoms with Crippen LogP contribution in [0, 0.1) is 5.92 Å². The number of carboxylic acids is 4. The SMILES string of the molecule is CC(=O)N[C@@H](CCCCN)C(=O)N[C@@H](Cc1ccc(O)cc1)C(=O)NCCN1CCN(CCCCC2CCN(CC(=O)N3c4ccccc4NC(=O)c4ccccc43)CC2)CC1.O=C(O)C(F)(F)F.O=C(O)C(F)(F)F.O=C(O)C(F)(F)F.O=C(O)C(F)(F)F. The lowest BCUT2D eigenvalue weighted by atomic mass is 9.91. The van der Waals surface area contributed by atoms with Gasteiger partial charge in [0.1, 0.15) is 17.8 Å². The number of phenols is 1. The summed E-state index contributed by atoms with van der Waals surface area (Å²) in [6, 6.07) is 19.7. The fourth-order valence-electron chi connectivity index (χ4n) is 8.74. The van der Waals surface area contributed by atoms with Gasteiger partial charge in [0.15, 0.2) is 0 Å². The first-order valence-electron chi connectivity index (χ1n) is 27.4. The number of amides is 5. The average Bonchev–Trinajstić information content (AvgIpc) is 2.63. The van der Waals surface area contributed by atoms with E-state index in [1.165, 1.54) is 19.8 Å². The number of hydrogen-bond acceptors (Lipinski definition) is 14. The van der Waals surface area contributed by atoms with Gasteiger partial charge in [0.2, 0.25) is 23.6 Å². The summed E-state index contributed by atoms with van der Waals surface area (Å²) in [5.74, 6) is -11.5. The molecule has 3 aromatic rings. The van der Waals surface area contributed by atoms with Gasteiger partial charge in [-0.3, -0.25) is 38.7 Å². The number of halogens is 12. The molecule has 5 amide bonds. The average molecular weight is 1310 g/mol. The van der Waals surface area contributed by atoms with Gasteiger partial charge < -0.3 is 57.4 Å². The van der Waals surface area contributed by atoms with E-state index in [0.29, 0.717) is 67.6 Å². The van der Waals surface area contributed by atoms with Crippen molar-refractivity contribution in [2.75, 3.05) is 82.2 Å². The summed E-state index contributed by atoms with van der Waals surface area (Å²) in [6.45, 7) is 9.93. The number of rotatable bonds is 20. The van der Waals surface area contributed by atoms with Crippen molar-refractivity contribution in [1.82, 2.24) is 30.7 Å². The van der Waals surface area contributed by atoms with E-state index in [4.69, 9.17) is 45.3 Å². The smallest absolute Gasteiger partial charge is 0.490 e. The number of unbranched alkanes of at least 4 members (excludes halogenated alkanes) is 2. The normalized spacial score (nSPS) is 15.4. The number of para-hydroxylation sites is 3. The number of aliphatic carboxylic acids is 4. The van der Waals surface area contributed by atoms with Gasteiger partial charge >= 0.3 is 48.6 Å². The van der Waals surface area contributed by atoms with Crippen molar-refractivity contribution < 1.29 is 121 Å². The maximum atomic E-state index is 13.9. The molecule has 3 aromatic carbocycles. The molecule has 502 valence electrons. The number of carbonyl (C=O) groups is 9. The third-order valence-corrected chi connectivity index (χ3v) is 13.2. The highest BCUT2D eigenvalue weighted by atomic mass is 19.4. The van der Waals surface area contributed by atoms with Crippen LogP contribution in [0.15, 0.2) is 72.8 Å². The number of nitrogens with two attached hydrogens (primary N) is 1. The Morgan fingerprint density at radius 1 is 0.589 bits per heavy atom. The van der Waals surface area contributed by atoms with Gasteiger partial charge in [0.05, 0.1) is 29.2 Å². The van der Waals surface area contributed by atoms with Crippen LogP contribution in [0.3, 0.4) is 0 Å². The molecule has 0 spiro atoms. The maximum absolute atomic E-state index is 13.9. The van der Waals surface area contributed by atoms with Crippen molar-refractivity contribution in [3.8, 4) is 5.75 Å². The molecule has 6 rings (SSSR count). The summed E-state index contributed by atoms with van der Waals surface area (Å²) in [6.07, 6.45) is -12.6. The van der Waals surface area contributed by atoms with E-state index < -0.39 is 66.6 Å². The molecule has 11 N–H and O–H groups in total. The van der Waals surface area contributed by atoms with Crippen molar-refractivity contribution in [2.45, 2.75) is 102 Å². The van der Waals surface area contributed by atoms with E-state index in [2.05, 4.69) is 36.0 Å². The molecule has 3 aliphatic heterocycles. The van der Waals surface area contributed by atoms with Crippen LogP contribution in [-0.2, 0) is 44.8 Å². The predicted molar refractivity (Wildman–Crippen MR) is 296 cm³/mol. The van der Waals surface area contributed by atoms with E-state index in [0.717, 1.165) is 77.1 Å². The molecule has 0 aliphatic carbocycles. The number of piperidine rings is 1. The Morgan fingerprint density at radius 3 is 1.56 bits per heavy atom. The molecule has 0 saturated carbocycles. The second-order valence-corrected chi connectivity index (χ2v) is 20.1. The number of fused-ring (bicyclic) bond motifs is 2. The quantitative estimate of drug-likeness (QED) is 0.0449. The Kier molecular flexibility index (Phi) is 32.0. The molecule has 0 unspecified atom stereocenters. The Labute approximate surface area is 506 Å². The Morgan fingerprint density at radius 2 is 1.07 bits per heavy atom. The number of hydrogen-bond donors (Lipinski definition) is 10. The number of nitrogens with zero attached hydrogens (tertiary/aromatic N) is 4. The van der Waals surface area contributed by atoms with Gasteiger partial charge in [-0.15, -0.1) is 0 Å². The summed E-state index contributed by atoms with van der Waals surface area (Å²) in [5, 5.41) is 49.8. The molecule has 0 radical (unpaired) electrons. The van der Waals surface area contributed by atoms with Crippen LogP contribution in [0.2, 0.25) is 0 Å².